The third-order valence-corrected chi connectivity index (χ3v) is 1.60. The molecule has 0 spiro atoms. The van der Waals surface area contributed by atoms with Gasteiger partial charge in [0.15, 0.2) is 0 Å². The third kappa shape index (κ3) is 5.87. The Labute approximate surface area is 68.4 Å². The van der Waals surface area contributed by atoms with Crippen LogP contribution in [0, 0.1) is 12.3 Å². The Hall–Kier alpha value is -0.550. The molecule has 0 aromatic heterocycles. The summed E-state index contributed by atoms with van der Waals surface area (Å²) >= 11 is 0. The Balaban J connectivity index is 3.30. The minimum absolute atomic E-state index is 0.251. The Morgan fingerprint density at radius 2 is 2.36 bits per heavy atom. The Kier molecular flexibility index (Phi) is 7.18. The van der Waals surface area contributed by atoms with Gasteiger partial charge in [-0.05, 0) is 19.4 Å². The van der Waals surface area contributed by atoms with E-state index in [0.29, 0.717) is 12.5 Å². The summed E-state index contributed by atoms with van der Waals surface area (Å²) < 4.78 is 11.7. The van der Waals surface area contributed by atoms with Crippen LogP contribution in [0.15, 0.2) is 0 Å². The van der Waals surface area contributed by atoms with E-state index in [1.165, 1.54) is 0 Å². The number of terminal acetylenes is 1. The fourth-order valence-corrected chi connectivity index (χ4v) is 0.876. The van der Waals surface area contributed by atoms with Gasteiger partial charge in [-0.3, -0.25) is 4.39 Å². The lowest BCUT2D eigenvalue weighted by Gasteiger charge is -2.12. The normalized spacial score (nSPS) is 12.5. The van der Waals surface area contributed by atoms with Crippen LogP contribution >= 0.6 is 0 Å². The van der Waals surface area contributed by atoms with Gasteiger partial charge in [-0.15, -0.1) is 12.3 Å². The van der Waals surface area contributed by atoms with Gasteiger partial charge in [0.1, 0.15) is 0 Å². The van der Waals surface area contributed by atoms with Crippen LogP contribution in [0.3, 0.4) is 0 Å². The number of hydrogen-bond donors (Lipinski definition) is 1. The van der Waals surface area contributed by atoms with E-state index in [0.717, 1.165) is 19.4 Å². The number of halogens is 1. The molecule has 64 valence electrons. The third-order valence-electron chi connectivity index (χ3n) is 1.60. The first-order valence-corrected chi connectivity index (χ1v) is 4.08. The molecule has 0 aliphatic rings. The van der Waals surface area contributed by atoms with Gasteiger partial charge in [0.2, 0.25) is 0 Å². The lowest BCUT2D eigenvalue weighted by Crippen LogP contribution is -2.29. The number of alkyl halides is 1. The van der Waals surface area contributed by atoms with Gasteiger partial charge in [0, 0.05) is 12.5 Å². The second-order valence-corrected chi connectivity index (χ2v) is 2.51. The van der Waals surface area contributed by atoms with Crippen molar-refractivity contribution in [3.8, 4) is 12.3 Å². The zero-order chi connectivity index (χ0) is 8.53. The van der Waals surface area contributed by atoms with Crippen molar-refractivity contribution in [3.05, 3.63) is 0 Å². The average Bonchev–Trinajstić information content (AvgIpc) is 2.03. The molecule has 0 aliphatic heterocycles. The highest BCUT2D eigenvalue weighted by Crippen LogP contribution is 1.95. The molecule has 1 unspecified atom stereocenters. The minimum Gasteiger partial charge on any atom is -0.313 e. The molecule has 1 N–H and O–H groups in total. The van der Waals surface area contributed by atoms with E-state index >= 15 is 0 Å². The van der Waals surface area contributed by atoms with Gasteiger partial charge >= 0.3 is 0 Å². The maximum Gasteiger partial charge on any atom is 0.0906 e. The molecular weight excluding hydrogens is 141 g/mol. The van der Waals surface area contributed by atoms with Crippen LogP contribution in [0.4, 0.5) is 4.39 Å². The number of nitrogens with one attached hydrogen (secondary N) is 1. The van der Waals surface area contributed by atoms with Crippen molar-refractivity contribution in [3.63, 3.8) is 0 Å². The monoisotopic (exact) mass is 157 g/mol. The molecule has 1 nitrogen and oxygen atoms in total. The fraction of sp³-hybridized carbons (Fsp3) is 0.778. The summed E-state index contributed by atoms with van der Waals surface area (Å²) in [5.41, 5.74) is 0. The van der Waals surface area contributed by atoms with E-state index in [2.05, 4.69) is 18.2 Å². The van der Waals surface area contributed by atoms with Crippen molar-refractivity contribution < 1.29 is 4.39 Å². The Bertz CT molecular complexity index is 117. The van der Waals surface area contributed by atoms with Gasteiger partial charge in [0.05, 0.1) is 6.67 Å². The first-order valence-electron chi connectivity index (χ1n) is 4.08. The van der Waals surface area contributed by atoms with Crippen LogP contribution in [0.2, 0.25) is 0 Å². The first kappa shape index (κ1) is 10.4. The van der Waals surface area contributed by atoms with E-state index in [1.807, 2.05) is 0 Å². The van der Waals surface area contributed by atoms with Crippen molar-refractivity contribution in [2.75, 3.05) is 13.2 Å². The fourth-order valence-electron chi connectivity index (χ4n) is 0.876. The Morgan fingerprint density at radius 1 is 1.64 bits per heavy atom. The van der Waals surface area contributed by atoms with Crippen LogP contribution < -0.4 is 5.32 Å². The molecule has 0 fully saturated rings. The Morgan fingerprint density at radius 3 is 2.82 bits per heavy atom. The van der Waals surface area contributed by atoms with Crippen LogP contribution in [0.25, 0.3) is 0 Å². The molecule has 0 rings (SSSR count). The summed E-state index contributed by atoms with van der Waals surface area (Å²) in [5.74, 6) is 2.59. The molecule has 0 bridgehead atoms. The SMILES string of the molecule is C#CCC(CC)NCCCF. The van der Waals surface area contributed by atoms with Crippen molar-refractivity contribution in [1.29, 1.82) is 0 Å². The molecule has 0 aromatic carbocycles. The molecular formula is C9H16FN. The molecule has 0 radical (unpaired) electrons. The van der Waals surface area contributed by atoms with Crippen molar-refractivity contribution in [2.45, 2.75) is 32.2 Å². The molecule has 0 heterocycles. The predicted octanol–water partition coefficient (Wildman–Crippen LogP) is 1.74. The van der Waals surface area contributed by atoms with Gasteiger partial charge in [-0.2, -0.15) is 0 Å². The highest BCUT2D eigenvalue weighted by atomic mass is 19.1. The van der Waals surface area contributed by atoms with Gasteiger partial charge in [-0.1, -0.05) is 6.92 Å². The number of rotatable bonds is 6. The largest absolute Gasteiger partial charge is 0.313 e. The van der Waals surface area contributed by atoms with E-state index < -0.39 is 0 Å². The highest BCUT2D eigenvalue weighted by Gasteiger charge is 2.01. The second-order valence-electron chi connectivity index (χ2n) is 2.51. The topological polar surface area (TPSA) is 12.0 Å². The van der Waals surface area contributed by atoms with Crippen molar-refractivity contribution in [2.24, 2.45) is 0 Å². The smallest absolute Gasteiger partial charge is 0.0906 e. The summed E-state index contributed by atoms with van der Waals surface area (Å²) in [7, 11) is 0. The van der Waals surface area contributed by atoms with Crippen molar-refractivity contribution in [1.82, 2.24) is 5.32 Å². The van der Waals surface area contributed by atoms with E-state index in [4.69, 9.17) is 6.42 Å². The van der Waals surface area contributed by atoms with Crippen LogP contribution in [0.5, 0.6) is 0 Å². The van der Waals surface area contributed by atoms with E-state index in [9.17, 15) is 4.39 Å². The zero-order valence-corrected chi connectivity index (χ0v) is 7.07. The minimum atomic E-state index is -0.251. The zero-order valence-electron chi connectivity index (χ0n) is 7.07. The summed E-state index contributed by atoms with van der Waals surface area (Å²) in [4.78, 5) is 0. The standard InChI is InChI=1S/C9H16FN/c1-3-6-9(4-2)11-8-5-7-10/h1,9,11H,4-8H2,2H3. The molecule has 1 atom stereocenters. The quantitative estimate of drug-likeness (QED) is 0.457. The second kappa shape index (κ2) is 7.56. The molecule has 0 saturated heterocycles. The van der Waals surface area contributed by atoms with Gasteiger partial charge in [0.25, 0.3) is 0 Å². The summed E-state index contributed by atoms with van der Waals surface area (Å²) in [6.07, 6.45) is 7.48. The van der Waals surface area contributed by atoms with Crippen molar-refractivity contribution >= 4 is 0 Å². The van der Waals surface area contributed by atoms with Gasteiger partial charge in [-0.25, -0.2) is 0 Å². The molecule has 11 heavy (non-hydrogen) atoms. The highest BCUT2D eigenvalue weighted by molar-refractivity contribution is 4.89. The average molecular weight is 157 g/mol. The maximum absolute atomic E-state index is 11.7. The summed E-state index contributed by atoms with van der Waals surface area (Å²) in [6, 6.07) is 0.367. The molecule has 2 heteroatoms. The number of hydrogen-bond acceptors (Lipinski definition) is 1. The van der Waals surface area contributed by atoms with Crippen LogP contribution in [-0.2, 0) is 0 Å². The summed E-state index contributed by atoms with van der Waals surface area (Å²) in [5, 5.41) is 3.19. The lowest BCUT2D eigenvalue weighted by atomic mass is 10.1. The predicted molar refractivity (Wildman–Crippen MR) is 46.1 cm³/mol. The maximum atomic E-state index is 11.7. The van der Waals surface area contributed by atoms with E-state index in [1.54, 1.807) is 0 Å². The van der Waals surface area contributed by atoms with E-state index in [-0.39, 0.29) is 6.67 Å². The lowest BCUT2D eigenvalue weighted by molar-refractivity contribution is 0.432. The van der Waals surface area contributed by atoms with Gasteiger partial charge < -0.3 is 5.32 Å². The molecule has 0 aliphatic carbocycles. The summed E-state index contributed by atoms with van der Waals surface area (Å²) in [6.45, 7) is 2.56. The van der Waals surface area contributed by atoms with Crippen LogP contribution in [-0.4, -0.2) is 19.3 Å². The molecule has 0 aromatic rings. The van der Waals surface area contributed by atoms with Crippen LogP contribution in [0.1, 0.15) is 26.2 Å². The molecule has 0 saturated carbocycles. The first-order chi connectivity index (χ1) is 5.35. The molecule has 0 amide bonds.